The van der Waals surface area contributed by atoms with Gasteiger partial charge in [-0.25, -0.2) is 4.39 Å². The Hall–Kier alpha value is -1.95. The predicted octanol–water partition coefficient (Wildman–Crippen LogP) is 2.99. The number of amides is 2. The number of hydrogen-bond acceptors (Lipinski definition) is 3. The number of thiophene rings is 1. The molecule has 4 nitrogen and oxygen atoms in total. The number of rotatable bonds is 5. The highest BCUT2D eigenvalue weighted by Crippen LogP contribution is 2.32. The van der Waals surface area contributed by atoms with Crippen LogP contribution in [0, 0.1) is 12.7 Å². The minimum Gasteiger partial charge on any atom is -0.354 e. The zero-order chi connectivity index (χ0) is 16.3. The summed E-state index contributed by atoms with van der Waals surface area (Å²) in [6, 6.07) is 4.15. The molecule has 6 heteroatoms. The van der Waals surface area contributed by atoms with Gasteiger partial charge in [0.15, 0.2) is 0 Å². The van der Waals surface area contributed by atoms with Gasteiger partial charge >= 0.3 is 0 Å². The van der Waals surface area contributed by atoms with Gasteiger partial charge in [-0.3, -0.25) is 9.59 Å². The molecule has 0 aliphatic heterocycles. The van der Waals surface area contributed by atoms with E-state index in [0.29, 0.717) is 22.4 Å². The van der Waals surface area contributed by atoms with E-state index in [9.17, 15) is 14.0 Å². The molecule has 2 N–H and O–H groups in total. The lowest BCUT2D eigenvalue weighted by atomic mass is 10.1. The fraction of sp³-hybridized carbons (Fsp3) is 0.375. The number of carbonyl (C=O) groups is 2. The van der Waals surface area contributed by atoms with Gasteiger partial charge in [0.2, 0.25) is 5.91 Å². The van der Waals surface area contributed by atoms with Crippen molar-refractivity contribution in [3.63, 3.8) is 0 Å². The van der Waals surface area contributed by atoms with E-state index in [0.717, 1.165) is 11.1 Å². The highest BCUT2D eigenvalue weighted by Gasteiger charge is 2.21. The van der Waals surface area contributed by atoms with E-state index in [1.807, 2.05) is 6.92 Å². The van der Waals surface area contributed by atoms with Crippen LogP contribution >= 0.6 is 11.3 Å². The fourth-order valence-corrected chi connectivity index (χ4v) is 3.32. The smallest absolute Gasteiger partial charge is 0.262 e. The topological polar surface area (TPSA) is 58.2 Å². The minimum atomic E-state index is -0.631. The molecule has 2 amide bonds. The number of nitrogens with one attached hydrogen (secondary N) is 2. The van der Waals surface area contributed by atoms with Gasteiger partial charge < -0.3 is 10.6 Å². The van der Waals surface area contributed by atoms with E-state index in [1.165, 1.54) is 17.4 Å². The summed E-state index contributed by atoms with van der Waals surface area (Å²) in [5.74, 6) is -0.906. The van der Waals surface area contributed by atoms with Crippen molar-refractivity contribution < 1.29 is 14.0 Å². The summed E-state index contributed by atoms with van der Waals surface area (Å²) >= 11 is 1.23. The van der Waals surface area contributed by atoms with Gasteiger partial charge in [0.1, 0.15) is 11.9 Å². The number of carbonyl (C=O) groups excluding carboxylic acids is 2. The van der Waals surface area contributed by atoms with Gasteiger partial charge in [-0.15, -0.1) is 11.3 Å². The minimum absolute atomic E-state index is 0.222. The molecule has 1 atom stereocenters. The maximum Gasteiger partial charge on any atom is 0.262 e. The molecule has 0 saturated carbocycles. The van der Waals surface area contributed by atoms with Crippen molar-refractivity contribution in [1.82, 2.24) is 10.6 Å². The largest absolute Gasteiger partial charge is 0.354 e. The van der Waals surface area contributed by atoms with Crippen LogP contribution in [-0.4, -0.2) is 24.4 Å². The molecule has 0 fully saturated rings. The molecular weight excluding hydrogens is 303 g/mol. The Balaban J connectivity index is 2.18. The number of benzene rings is 1. The van der Waals surface area contributed by atoms with Gasteiger partial charge in [-0.2, -0.15) is 0 Å². The van der Waals surface area contributed by atoms with Crippen LogP contribution in [0.5, 0.6) is 0 Å². The fourth-order valence-electron chi connectivity index (χ4n) is 2.20. The lowest BCUT2D eigenvalue weighted by Gasteiger charge is -2.13. The summed E-state index contributed by atoms with van der Waals surface area (Å²) in [4.78, 5) is 24.6. The van der Waals surface area contributed by atoms with Crippen molar-refractivity contribution in [3.05, 3.63) is 34.5 Å². The Kier molecular flexibility index (Phi) is 5.13. The van der Waals surface area contributed by atoms with Crippen molar-refractivity contribution in [2.45, 2.75) is 33.2 Å². The molecule has 0 aliphatic rings. The van der Waals surface area contributed by atoms with Crippen LogP contribution in [0.4, 0.5) is 4.39 Å². The van der Waals surface area contributed by atoms with Crippen LogP contribution in [-0.2, 0) is 4.79 Å². The number of hydrogen-bond donors (Lipinski definition) is 2. The van der Waals surface area contributed by atoms with Gasteiger partial charge in [0, 0.05) is 16.6 Å². The average molecular weight is 322 g/mol. The molecule has 118 valence electrons. The lowest BCUT2D eigenvalue weighted by Crippen LogP contribution is -2.44. The van der Waals surface area contributed by atoms with Crippen LogP contribution in [0.1, 0.15) is 35.5 Å². The summed E-state index contributed by atoms with van der Waals surface area (Å²) in [5, 5.41) is 5.86. The summed E-state index contributed by atoms with van der Waals surface area (Å²) in [7, 11) is 0. The Morgan fingerprint density at radius 2 is 2.09 bits per heavy atom. The molecule has 22 heavy (non-hydrogen) atoms. The van der Waals surface area contributed by atoms with Gasteiger partial charge in [0.25, 0.3) is 5.91 Å². The second-order valence-electron chi connectivity index (χ2n) is 5.16. The molecule has 0 radical (unpaired) electrons. The molecule has 1 heterocycles. The first kappa shape index (κ1) is 16.4. The first-order chi connectivity index (χ1) is 10.5. The second-order valence-corrected chi connectivity index (χ2v) is 6.21. The highest BCUT2D eigenvalue weighted by molar-refractivity contribution is 7.21. The molecule has 1 aromatic carbocycles. The van der Waals surface area contributed by atoms with Crippen LogP contribution in [0.15, 0.2) is 18.2 Å². The normalized spacial score (nSPS) is 12.2. The zero-order valence-electron chi connectivity index (χ0n) is 12.8. The van der Waals surface area contributed by atoms with E-state index in [4.69, 9.17) is 0 Å². The SMILES string of the molecule is CCCNC(=O)[C@@H](C)NC(=O)c1sc2cccc(F)c2c1C. The maximum atomic E-state index is 13.9. The summed E-state index contributed by atoms with van der Waals surface area (Å²) in [6.45, 7) is 5.88. The van der Waals surface area contributed by atoms with E-state index in [2.05, 4.69) is 10.6 Å². The lowest BCUT2D eigenvalue weighted by molar-refractivity contribution is -0.122. The monoisotopic (exact) mass is 322 g/mol. The third-order valence-corrected chi connectivity index (χ3v) is 4.66. The summed E-state index contributed by atoms with van der Waals surface area (Å²) < 4.78 is 14.6. The Labute approximate surface area is 132 Å². The molecule has 0 aliphatic carbocycles. The summed E-state index contributed by atoms with van der Waals surface area (Å²) in [6.07, 6.45) is 0.834. The predicted molar refractivity (Wildman–Crippen MR) is 86.7 cm³/mol. The Morgan fingerprint density at radius 1 is 1.36 bits per heavy atom. The first-order valence-electron chi connectivity index (χ1n) is 7.21. The number of aryl methyl sites for hydroxylation is 1. The van der Waals surface area contributed by atoms with Crippen molar-refractivity contribution >= 4 is 33.2 Å². The molecule has 0 bridgehead atoms. The van der Waals surface area contributed by atoms with Gasteiger partial charge in [-0.05, 0) is 38.0 Å². The molecule has 0 saturated heterocycles. The van der Waals surface area contributed by atoms with Crippen LogP contribution in [0.3, 0.4) is 0 Å². The third kappa shape index (κ3) is 3.27. The zero-order valence-corrected chi connectivity index (χ0v) is 13.6. The maximum absolute atomic E-state index is 13.9. The highest BCUT2D eigenvalue weighted by atomic mass is 32.1. The van der Waals surface area contributed by atoms with Crippen molar-refractivity contribution in [2.75, 3.05) is 6.54 Å². The van der Waals surface area contributed by atoms with Gasteiger partial charge in [-0.1, -0.05) is 13.0 Å². The van der Waals surface area contributed by atoms with Crippen molar-refractivity contribution in [3.8, 4) is 0 Å². The number of halogens is 1. The van der Waals surface area contributed by atoms with E-state index in [-0.39, 0.29) is 17.6 Å². The van der Waals surface area contributed by atoms with Crippen molar-refractivity contribution in [2.24, 2.45) is 0 Å². The molecule has 2 aromatic rings. The molecule has 1 aromatic heterocycles. The van der Waals surface area contributed by atoms with Crippen molar-refractivity contribution in [1.29, 1.82) is 0 Å². The van der Waals surface area contributed by atoms with E-state index in [1.54, 1.807) is 26.0 Å². The molecular formula is C16H19FN2O2S. The van der Waals surface area contributed by atoms with E-state index < -0.39 is 6.04 Å². The first-order valence-corrected chi connectivity index (χ1v) is 8.03. The Bertz CT molecular complexity index is 711. The molecule has 2 rings (SSSR count). The van der Waals surface area contributed by atoms with Gasteiger partial charge in [0.05, 0.1) is 4.88 Å². The Morgan fingerprint density at radius 3 is 2.73 bits per heavy atom. The average Bonchev–Trinajstić information content (AvgIpc) is 2.83. The third-order valence-electron chi connectivity index (χ3n) is 3.40. The number of fused-ring (bicyclic) bond motifs is 1. The van der Waals surface area contributed by atoms with Crippen LogP contribution in [0.25, 0.3) is 10.1 Å². The quantitative estimate of drug-likeness (QED) is 0.889. The van der Waals surface area contributed by atoms with Crippen LogP contribution in [0.2, 0.25) is 0 Å². The molecule has 0 unspecified atom stereocenters. The van der Waals surface area contributed by atoms with Crippen LogP contribution < -0.4 is 10.6 Å². The summed E-state index contributed by atoms with van der Waals surface area (Å²) in [5.41, 5.74) is 0.608. The standard InChI is InChI=1S/C16H19FN2O2S/c1-4-8-18-15(20)10(3)19-16(21)14-9(2)13-11(17)6-5-7-12(13)22-14/h5-7,10H,4,8H2,1-3H3,(H,18,20)(H,19,21)/t10-/m1/s1. The second kappa shape index (κ2) is 6.87. The molecule has 0 spiro atoms. The van der Waals surface area contributed by atoms with E-state index >= 15 is 0 Å².